The Labute approximate surface area is 196 Å². The van der Waals surface area contributed by atoms with Crippen LogP contribution in [0.3, 0.4) is 0 Å². The SMILES string of the molecule is COc1ccc(/C(O)=C2/C(=O)C(=O)N(CCc3ccc(F)cc3)C2c2cccnc2)c(OC)c1. The van der Waals surface area contributed by atoms with Crippen molar-refractivity contribution in [3.8, 4) is 11.5 Å². The molecule has 1 N–H and O–H groups in total. The van der Waals surface area contributed by atoms with Gasteiger partial charge in [-0.15, -0.1) is 0 Å². The third-order valence-electron chi connectivity index (χ3n) is 5.76. The summed E-state index contributed by atoms with van der Waals surface area (Å²) in [6.45, 7) is 0.187. The van der Waals surface area contributed by atoms with Crippen LogP contribution in [0.1, 0.15) is 22.7 Å². The van der Waals surface area contributed by atoms with Crippen LogP contribution in [-0.2, 0) is 16.0 Å². The molecule has 34 heavy (non-hydrogen) atoms. The molecular formula is C26H23FN2O5. The Morgan fingerprint density at radius 3 is 2.50 bits per heavy atom. The highest BCUT2D eigenvalue weighted by Gasteiger charge is 2.46. The van der Waals surface area contributed by atoms with Gasteiger partial charge in [-0.05, 0) is 47.9 Å². The predicted molar refractivity (Wildman–Crippen MR) is 123 cm³/mol. The van der Waals surface area contributed by atoms with E-state index in [9.17, 15) is 19.1 Å². The van der Waals surface area contributed by atoms with Crippen LogP contribution in [0, 0.1) is 5.82 Å². The third kappa shape index (κ3) is 4.34. The number of amides is 1. The number of methoxy groups -OCH3 is 2. The molecule has 0 spiro atoms. The number of carbonyl (C=O) groups is 2. The standard InChI is InChI=1S/C26H23FN2O5/c1-33-19-9-10-20(21(14-19)34-2)24(30)22-23(17-4-3-12-28-15-17)29(26(32)25(22)31)13-11-16-5-7-18(27)8-6-16/h3-10,12,14-15,23,30H,11,13H2,1-2H3/b24-22-. The summed E-state index contributed by atoms with van der Waals surface area (Å²) in [7, 11) is 2.94. The number of Topliss-reactive ketones (excluding diaryl/α,β-unsaturated/α-hetero) is 1. The number of aliphatic hydroxyl groups is 1. The number of likely N-dealkylation sites (tertiary alicyclic amines) is 1. The molecule has 1 atom stereocenters. The quantitative estimate of drug-likeness (QED) is 0.326. The van der Waals surface area contributed by atoms with Crippen molar-refractivity contribution in [2.45, 2.75) is 12.5 Å². The second-order valence-corrected chi connectivity index (χ2v) is 7.72. The van der Waals surface area contributed by atoms with E-state index < -0.39 is 17.7 Å². The normalized spacial score (nSPS) is 17.1. The van der Waals surface area contributed by atoms with E-state index in [1.807, 2.05) is 0 Å². The molecule has 8 heteroatoms. The van der Waals surface area contributed by atoms with Gasteiger partial charge in [0.05, 0.1) is 31.4 Å². The van der Waals surface area contributed by atoms with Crippen molar-refractivity contribution < 1.29 is 28.6 Å². The molecule has 1 aliphatic heterocycles. The van der Waals surface area contributed by atoms with Gasteiger partial charge in [-0.1, -0.05) is 18.2 Å². The molecule has 1 aliphatic rings. The van der Waals surface area contributed by atoms with Gasteiger partial charge in [0.15, 0.2) is 0 Å². The first kappa shape index (κ1) is 23.0. The molecule has 7 nitrogen and oxygen atoms in total. The van der Waals surface area contributed by atoms with Gasteiger partial charge in [-0.3, -0.25) is 14.6 Å². The van der Waals surface area contributed by atoms with Crippen molar-refractivity contribution in [2.24, 2.45) is 0 Å². The maximum Gasteiger partial charge on any atom is 0.295 e. The first-order valence-electron chi connectivity index (χ1n) is 10.6. The summed E-state index contributed by atoms with van der Waals surface area (Å²) in [4.78, 5) is 31.7. The maximum absolute atomic E-state index is 13.3. The highest BCUT2D eigenvalue weighted by Crippen LogP contribution is 2.41. The number of hydrogen-bond acceptors (Lipinski definition) is 6. The second kappa shape index (κ2) is 9.74. The lowest BCUT2D eigenvalue weighted by Crippen LogP contribution is -2.31. The average molecular weight is 462 g/mol. The number of ether oxygens (including phenoxy) is 2. The summed E-state index contributed by atoms with van der Waals surface area (Å²) >= 11 is 0. The Hall–Kier alpha value is -4.20. The summed E-state index contributed by atoms with van der Waals surface area (Å²) in [5.41, 5.74) is 1.59. The molecule has 1 unspecified atom stereocenters. The molecule has 0 saturated carbocycles. The fourth-order valence-electron chi connectivity index (χ4n) is 4.03. The topological polar surface area (TPSA) is 89.0 Å². The van der Waals surface area contributed by atoms with Crippen molar-refractivity contribution in [3.63, 3.8) is 0 Å². The molecule has 1 saturated heterocycles. The number of aromatic nitrogens is 1. The van der Waals surface area contributed by atoms with Crippen LogP contribution in [0.5, 0.6) is 11.5 Å². The highest BCUT2D eigenvalue weighted by atomic mass is 19.1. The minimum Gasteiger partial charge on any atom is -0.507 e. The lowest BCUT2D eigenvalue weighted by Gasteiger charge is -2.25. The Bertz CT molecular complexity index is 1240. The van der Waals surface area contributed by atoms with Crippen LogP contribution in [0.25, 0.3) is 5.76 Å². The van der Waals surface area contributed by atoms with Crippen LogP contribution in [-0.4, -0.2) is 47.4 Å². The molecular weight excluding hydrogens is 439 g/mol. The number of pyridine rings is 1. The second-order valence-electron chi connectivity index (χ2n) is 7.72. The largest absolute Gasteiger partial charge is 0.507 e. The molecule has 0 radical (unpaired) electrons. The smallest absolute Gasteiger partial charge is 0.295 e. The van der Waals surface area contributed by atoms with Crippen LogP contribution in [0.4, 0.5) is 4.39 Å². The van der Waals surface area contributed by atoms with Gasteiger partial charge < -0.3 is 19.5 Å². The van der Waals surface area contributed by atoms with Crippen LogP contribution in [0.2, 0.25) is 0 Å². The van der Waals surface area contributed by atoms with Gasteiger partial charge in [-0.2, -0.15) is 0 Å². The zero-order valence-corrected chi connectivity index (χ0v) is 18.7. The molecule has 3 aromatic rings. The first-order chi connectivity index (χ1) is 16.4. The number of aliphatic hydroxyl groups excluding tert-OH is 1. The van der Waals surface area contributed by atoms with E-state index in [2.05, 4.69) is 4.98 Å². The number of nitrogens with zero attached hydrogens (tertiary/aromatic N) is 2. The molecule has 1 amide bonds. The molecule has 2 heterocycles. The fourth-order valence-corrected chi connectivity index (χ4v) is 4.03. The summed E-state index contributed by atoms with van der Waals surface area (Å²) in [5.74, 6) is -1.44. The lowest BCUT2D eigenvalue weighted by atomic mass is 9.95. The van der Waals surface area contributed by atoms with Crippen molar-refractivity contribution in [1.82, 2.24) is 9.88 Å². The summed E-state index contributed by atoms with van der Waals surface area (Å²) < 4.78 is 23.9. The monoisotopic (exact) mass is 462 g/mol. The van der Waals surface area contributed by atoms with E-state index in [1.54, 1.807) is 54.9 Å². The van der Waals surface area contributed by atoms with E-state index in [-0.39, 0.29) is 29.3 Å². The molecule has 2 aromatic carbocycles. The van der Waals surface area contributed by atoms with Crippen molar-refractivity contribution in [2.75, 3.05) is 20.8 Å². The Morgan fingerprint density at radius 1 is 1.09 bits per heavy atom. The number of ketones is 1. The Kier molecular flexibility index (Phi) is 6.58. The van der Waals surface area contributed by atoms with Crippen LogP contribution < -0.4 is 9.47 Å². The minimum absolute atomic E-state index is 0.0550. The van der Waals surface area contributed by atoms with E-state index >= 15 is 0 Å². The average Bonchev–Trinajstić information content (AvgIpc) is 3.13. The van der Waals surface area contributed by atoms with Gasteiger partial charge in [0.25, 0.3) is 11.7 Å². The van der Waals surface area contributed by atoms with Gasteiger partial charge in [-0.25, -0.2) is 4.39 Å². The van der Waals surface area contributed by atoms with Gasteiger partial charge in [0.2, 0.25) is 0 Å². The van der Waals surface area contributed by atoms with Gasteiger partial charge >= 0.3 is 0 Å². The van der Waals surface area contributed by atoms with Crippen LogP contribution >= 0.6 is 0 Å². The predicted octanol–water partition coefficient (Wildman–Crippen LogP) is 3.90. The summed E-state index contributed by atoms with van der Waals surface area (Å²) in [6.07, 6.45) is 3.54. The van der Waals surface area contributed by atoms with Crippen LogP contribution in [0.15, 0.2) is 72.6 Å². The molecule has 1 fully saturated rings. The third-order valence-corrected chi connectivity index (χ3v) is 5.76. The van der Waals surface area contributed by atoms with Crippen molar-refractivity contribution in [3.05, 3.63) is 95.1 Å². The maximum atomic E-state index is 13.3. The number of carbonyl (C=O) groups excluding carboxylic acids is 2. The number of rotatable bonds is 7. The van der Waals surface area contributed by atoms with Gasteiger partial charge in [0, 0.05) is 25.0 Å². The summed E-state index contributed by atoms with van der Waals surface area (Å²) in [6, 6.07) is 13.3. The Balaban J connectivity index is 1.79. The van der Waals surface area contributed by atoms with E-state index in [0.29, 0.717) is 23.5 Å². The zero-order chi connectivity index (χ0) is 24.2. The minimum atomic E-state index is -0.846. The zero-order valence-electron chi connectivity index (χ0n) is 18.7. The van der Waals surface area contributed by atoms with Crippen molar-refractivity contribution >= 4 is 17.4 Å². The molecule has 4 rings (SSSR count). The Morgan fingerprint density at radius 2 is 1.85 bits per heavy atom. The van der Waals surface area contributed by atoms with Crippen molar-refractivity contribution in [1.29, 1.82) is 0 Å². The van der Waals surface area contributed by atoms with E-state index in [4.69, 9.17) is 9.47 Å². The fraction of sp³-hybridized carbons (Fsp3) is 0.192. The van der Waals surface area contributed by atoms with Gasteiger partial charge in [0.1, 0.15) is 23.1 Å². The molecule has 0 bridgehead atoms. The molecule has 1 aromatic heterocycles. The summed E-state index contributed by atoms with van der Waals surface area (Å²) in [5, 5.41) is 11.2. The van der Waals surface area contributed by atoms with E-state index in [0.717, 1.165) is 5.56 Å². The molecule has 174 valence electrons. The molecule has 0 aliphatic carbocycles. The first-order valence-corrected chi connectivity index (χ1v) is 10.6. The number of halogens is 1. The lowest BCUT2D eigenvalue weighted by molar-refractivity contribution is -0.139. The highest BCUT2D eigenvalue weighted by molar-refractivity contribution is 6.46. The number of hydrogen-bond donors (Lipinski definition) is 1. The number of benzene rings is 2. The van der Waals surface area contributed by atoms with E-state index in [1.165, 1.54) is 31.3 Å².